The molecular formula is C19H18N2O2. The van der Waals surface area contributed by atoms with E-state index in [2.05, 4.69) is 10.2 Å². The van der Waals surface area contributed by atoms with Crippen molar-refractivity contribution in [3.8, 4) is 0 Å². The summed E-state index contributed by atoms with van der Waals surface area (Å²) in [4.78, 5) is 12.1. The van der Waals surface area contributed by atoms with Crippen molar-refractivity contribution in [3.05, 3.63) is 83.1 Å². The Morgan fingerprint density at radius 1 is 0.957 bits per heavy atom. The average molecular weight is 306 g/mol. The highest BCUT2D eigenvalue weighted by molar-refractivity contribution is 5.96. The van der Waals surface area contributed by atoms with Gasteiger partial charge >= 0.3 is 0 Å². The summed E-state index contributed by atoms with van der Waals surface area (Å²) >= 11 is 0. The summed E-state index contributed by atoms with van der Waals surface area (Å²) in [5.74, 6) is 1.18. The second-order valence-corrected chi connectivity index (χ2v) is 5.54. The normalized spacial score (nSPS) is 10.7. The number of hydrogen-bond acceptors (Lipinski definition) is 4. The van der Waals surface area contributed by atoms with Crippen LogP contribution in [-0.4, -0.2) is 16.0 Å². The number of ketones is 1. The molecule has 4 nitrogen and oxygen atoms in total. The monoisotopic (exact) mass is 306 g/mol. The minimum atomic E-state index is 0.0906. The first kappa shape index (κ1) is 15.2. The lowest BCUT2D eigenvalue weighted by molar-refractivity contribution is 0.0980. The van der Waals surface area contributed by atoms with Gasteiger partial charge in [-0.25, -0.2) is 0 Å². The highest BCUT2D eigenvalue weighted by atomic mass is 16.4. The molecule has 0 unspecified atom stereocenters. The number of Topliss-reactive ketones (excluding diaryl/α,β-unsaturated/α-hetero) is 1. The molecule has 2 aromatic carbocycles. The predicted molar refractivity (Wildman–Crippen MR) is 87.4 cm³/mol. The van der Waals surface area contributed by atoms with Crippen LogP contribution in [0.5, 0.6) is 0 Å². The molecule has 23 heavy (non-hydrogen) atoms. The number of hydrogen-bond donors (Lipinski definition) is 0. The first-order chi connectivity index (χ1) is 11.2. The number of aryl methyl sites for hydroxylation is 2. The Kier molecular flexibility index (Phi) is 4.62. The highest BCUT2D eigenvalue weighted by Gasteiger charge is 2.11. The Balaban J connectivity index is 1.57. The van der Waals surface area contributed by atoms with E-state index in [-0.39, 0.29) is 5.78 Å². The van der Waals surface area contributed by atoms with Gasteiger partial charge in [0.2, 0.25) is 11.8 Å². The van der Waals surface area contributed by atoms with E-state index >= 15 is 0 Å². The molecule has 0 aliphatic carbocycles. The van der Waals surface area contributed by atoms with Crippen molar-refractivity contribution >= 4 is 5.78 Å². The van der Waals surface area contributed by atoms with Gasteiger partial charge in [0.1, 0.15) is 0 Å². The van der Waals surface area contributed by atoms with E-state index < -0.39 is 0 Å². The summed E-state index contributed by atoms with van der Waals surface area (Å²) in [5.41, 5.74) is 2.99. The lowest BCUT2D eigenvalue weighted by Gasteiger charge is -2.00. The molecule has 0 spiro atoms. The molecule has 0 N–H and O–H groups in total. The van der Waals surface area contributed by atoms with Crippen molar-refractivity contribution in [1.82, 2.24) is 10.2 Å². The van der Waals surface area contributed by atoms with Gasteiger partial charge in [-0.15, -0.1) is 10.2 Å². The maximum absolute atomic E-state index is 12.1. The van der Waals surface area contributed by atoms with E-state index in [1.807, 2.05) is 61.5 Å². The standard InChI is InChI=1S/C19H18N2O2/c1-14-7-9-16(10-8-14)17(22)11-12-18-20-21-19(23-18)13-15-5-3-2-4-6-15/h2-10H,11-13H2,1H3. The molecule has 0 aliphatic heterocycles. The zero-order chi connectivity index (χ0) is 16.1. The molecule has 0 aliphatic rings. The van der Waals surface area contributed by atoms with Gasteiger partial charge in [-0.3, -0.25) is 4.79 Å². The second kappa shape index (κ2) is 7.01. The van der Waals surface area contributed by atoms with Crippen molar-refractivity contribution in [2.75, 3.05) is 0 Å². The molecule has 0 saturated heterocycles. The number of aromatic nitrogens is 2. The number of rotatable bonds is 6. The van der Waals surface area contributed by atoms with Crippen LogP contribution in [0, 0.1) is 6.92 Å². The van der Waals surface area contributed by atoms with Crippen LogP contribution in [0.15, 0.2) is 59.0 Å². The number of carbonyl (C=O) groups excluding carboxylic acids is 1. The Morgan fingerprint density at radius 2 is 1.65 bits per heavy atom. The first-order valence-corrected chi connectivity index (χ1v) is 7.66. The summed E-state index contributed by atoms with van der Waals surface area (Å²) < 4.78 is 5.62. The van der Waals surface area contributed by atoms with Crippen molar-refractivity contribution in [1.29, 1.82) is 0 Å². The van der Waals surface area contributed by atoms with Crippen LogP contribution in [-0.2, 0) is 12.8 Å². The van der Waals surface area contributed by atoms with Crippen LogP contribution in [0.3, 0.4) is 0 Å². The van der Waals surface area contributed by atoms with Gasteiger partial charge in [0, 0.05) is 18.4 Å². The molecule has 0 atom stereocenters. The van der Waals surface area contributed by atoms with Crippen molar-refractivity contribution in [2.24, 2.45) is 0 Å². The molecule has 0 amide bonds. The second-order valence-electron chi connectivity index (χ2n) is 5.54. The first-order valence-electron chi connectivity index (χ1n) is 7.66. The lowest BCUT2D eigenvalue weighted by Crippen LogP contribution is -2.01. The third-order valence-electron chi connectivity index (χ3n) is 3.65. The van der Waals surface area contributed by atoms with Crippen molar-refractivity contribution < 1.29 is 9.21 Å². The summed E-state index contributed by atoms with van der Waals surface area (Å²) in [5, 5.41) is 8.07. The quantitative estimate of drug-likeness (QED) is 0.650. The summed E-state index contributed by atoms with van der Waals surface area (Å²) in [6.45, 7) is 2.00. The van der Waals surface area contributed by atoms with E-state index in [9.17, 15) is 4.79 Å². The fourth-order valence-electron chi connectivity index (χ4n) is 2.34. The third kappa shape index (κ3) is 4.13. The maximum Gasteiger partial charge on any atom is 0.220 e. The SMILES string of the molecule is Cc1ccc(C(=O)CCc2nnc(Cc3ccccc3)o2)cc1. The molecule has 0 bridgehead atoms. The Labute approximate surface area is 135 Å². The molecule has 4 heteroatoms. The largest absolute Gasteiger partial charge is 0.425 e. The summed E-state index contributed by atoms with van der Waals surface area (Å²) in [6, 6.07) is 17.6. The van der Waals surface area contributed by atoms with Gasteiger partial charge in [0.05, 0.1) is 6.42 Å². The molecule has 0 radical (unpaired) electrons. The van der Waals surface area contributed by atoms with Crippen molar-refractivity contribution in [2.45, 2.75) is 26.2 Å². The topological polar surface area (TPSA) is 56.0 Å². The molecule has 116 valence electrons. The van der Waals surface area contributed by atoms with E-state index in [0.717, 1.165) is 16.7 Å². The fourth-order valence-corrected chi connectivity index (χ4v) is 2.34. The Bertz CT molecular complexity index is 777. The molecule has 3 aromatic rings. The smallest absolute Gasteiger partial charge is 0.220 e. The molecule has 1 heterocycles. The van der Waals surface area contributed by atoms with Crippen LogP contribution in [0.2, 0.25) is 0 Å². The Hall–Kier alpha value is -2.75. The van der Waals surface area contributed by atoms with Gasteiger partial charge in [0.25, 0.3) is 0 Å². The fraction of sp³-hybridized carbons (Fsp3) is 0.211. The van der Waals surface area contributed by atoms with E-state index in [1.165, 1.54) is 0 Å². The maximum atomic E-state index is 12.1. The lowest BCUT2D eigenvalue weighted by atomic mass is 10.1. The number of nitrogens with zero attached hydrogens (tertiary/aromatic N) is 2. The van der Waals surface area contributed by atoms with E-state index in [1.54, 1.807) is 0 Å². The predicted octanol–water partition coefficient (Wildman–Crippen LogP) is 3.78. The van der Waals surface area contributed by atoms with Crippen LogP contribution < -0.4 is 0 Å². The number of benzene rings is 2. The molecule has 0 saturated carbocycles. The zero-order valence-corrected chi connectivity index (χ0v) is 13.0. The minimum absolute atomic E-state index is 0.0906. The van der Waals surface area contributed by atoms with Gasteiger partial charge < -0.3 is 4.42 Å². The summed E-state index contributed by atoms with van der Waals surface area (Å²) in [6.07, 6.45) is 1.45. The van der Waals surface area contributed by atoms with Crippen LogP contribution in [0.25, 0.3) is 0 Å². The van der Waals surface area contributed by atoms with E-state index in [0.29, 0.717) is 31.0 Å². The minimum Gasteiger partial charge on any atom is -0.425 e. The average Bonchev–Trinajstić information content (AvgIpc) is 3.02. The van der Waals surface area contributed by atoms with Crippen molar-refractivity contribution in [3.63, 3.8) is 0 Å². The molecule has 3 rings (SSSR count). The Morgan fingerprint density at radius 3 is 2.39 bits per heavy atom. The number of carbonyl (C=O) groups is 1. The molecule has 1 aromatic heterocycles. The zero-order valence-electron chi connectivity index (χ0n) is 13.0. The van der Waals surface area contributed by atoms with Crippen LogP contribution in [0.1, 0.15) is 39.7 Å². The highest BCUT2D eigenvalue weighted by Crippen LogP contribution is 2.12. The van der Waals surface area contributed by atoms with Crippen LogP contribution >= 0.6 is 0 Å². The summed E-state index contributed by atoms with van der Waals surface area (Å²) in [7, 11) is 0. The molecular weight excluding hydrogens is 288 g/mol. The van der Waals surface area contributed by atoms with Gasteiger partial charge in [-0.2, -0.15) is 0 Å². The van der Waals surface area contributed by atoms with Gasteiger partial charge in [0.15, 0.2) is 5.78 Å². The van der Waals surface area contributed by atoms with Gasteiger partial charge in [-0.05, 0) is 12.5 Å². The third-order valence-corrected chi connectivity index (χ3v) is 3.65. The van der Waals surface area contributed by atoms with Gasteiger partial charge in [-0.1, -0.05) is 60.2 Å². The van der Waals surface area contributed by atoms with Crippen LogP contribution in [0.4, 0.5) is 0 Å². The van der Waals surface area contributed by atoms with E-state index in [4.69, 9.17) is 4.42 Å². The molecule has 0 fully saturated rings.